The van der Waals surface area contributed by atoms with Crippen molar-refractivity contribution in [3.05, 3.63) is 34.3 Å². The second kappa shape index (κ2) is 4.35. The Kier molecular flexibility index (Phi) is 3.40. The van der Waals surface area contributed by atoms with Gasteiger partial charge >= 0.3 is 0 Å². The Morgan fingerprint density at radius 1 is 1.50 bits per heavy atom. The van der Waals surface area contributed by atoms with Gasteiger partial charge in [-0.05, 0) is 6.07 Å². The number of rotatable bonds is 3. The molecule has 0 heterocycles. The highest BCUT2D eigenvalue weighted by atomic mass is 79.9. The van der Waals surface area contributed by atoms with Crippen LogP contribution in [0.1, 0.15) is 10.4 Å². The van der Waals surface area contributed by atoms with Crippen LogP contribution >= 0.6 is 15.9 Å². The van der Waals surface area contributed by atoms with Gasteiger partial charge in [0.25, 0.3) is 0 Å². The molecule has 4 heteroatoms. The quantitative estimate of drug-likeness (QED) is 0.632. The Balaban J connectivity index is 2.87. The van der Waals surface area contributed by atoms with Crippen LogP contribution in [0.3, 0.4) is 0 Å². The first-order chi connectivity index (χ1) is 5.75. The van der Waals surface area contributed by atoms with Crippen molar-refractivity contribution >= 4 is 21.7 Å². The molecule has 64 valence electrons. The first kappa shape index (κ1) is 9.38. The van der Waals surface area contributed by atoms with E-state index >= 15 is 0 Å². The highest BCUT2D eigenvalue weighted by Gasteiger charge is 2.07. The summed E-state index contributed by atoms with van der Waals surface area (Å²) >= 11 is 3.25. The Bertz CT molecular complexity index is 288. The number of hydrogen-bond acceptors (Lipinski definition) is 3. The van der Waals surface area contributed by atoms with Gasteiger partial charge in [0.1, 0.15) is 6.61 Å². The summed E-state index contributed by atoms with van der Waals surface area (Å²) in [7, 11) is 0. The third-order valence-corrected chi connectivity index (χ3v) is 2.08. The minimum absolute atomic E-state index is 0.0946. The molecule has 0 bridgehead atoms. The van der Waals surface area contributed by atoms with Gasteiger partial charge in [0.15, 0.2) is 5.78 Å². The van der Waals surface area contributed by atoms with Crippen molar-refractivity contribution in [1.29, 1.82) is 0 Å². The minimum atomic E-state index is -0.134. The van der Waals surface area contributed by atoms with E-state index in [2.05, 4.69) is 20.8 Å². The second-order valence-corrected chi connectivity index (χ2v) is 3.07. The zero-order chi connectivity index (χ0) is 8.97. The molecule has 1 rings (SSSR count). The molecular weight excluding hydrogens is 222 g/mol. The summed E-state index contributed by atoms with van der Waals surface area (Å²) in [5.74, 6) is 4.65. The highest BCUT2D eigenvalue weighted by molar-refractivity contribution is 9.10. The molecule has 0 aliphatic rings. The number of hydrogen-bond donors (Lipinski definition) is 1. The van der Waals surface area contributed by atoms with Gasteiger partial charge in [-0.2, -0.15) is 0 Å². The van der Waals surface area contributed by atoms with Crippen LogP contribution in [-0.2, 0) is 4.84 Å². The third kappa shape index (κ3) is 2.14. The van der Waals surface area contributed by atoms with E-state index < -0.39 is 0 Å². The lowest BCUT2D eigenvalue weighted by Crippen LogP contribution is -2.12. The Morgan fingerprint density at radius 3 is 2.75 bits per heavy atom. The van der Waals surface area contributed by atoms with Crippen molar-refractivity contribution < 1.29 is 9.63 Å². The maximum Gasteiger partial charge on any atom is 0.191 e. The van der Waals surface area contributed by atoms with E-state index in [9.17, 15) is 4.79 Å². The largest absolute Gasteiger partial charge is 0.296 e. The van der Waals surface area contributed by atoms with Crippen LogP contribution in [0.25, 0.3) is 0 Å². The number of benzene rings is 1. The van der Waals surface area contributed by atoms with Crippen molar-refractivity contribution in [3.8, 4) is 0 Å². The Morgan fingerprint density at radius 2 is 2.17 bits per heavy atom. The molecule has 12 heavy (non-hydrogen) atoms. The molecule has 1 aromatic carbocycles. The molecule has 0 saturated heterocycles. The zero-order valence-electron chi connectivity index (χ0n) is 6.29. The predicted molar refractivity (Wildman–Crippen MR) is 48.6 cm³/mol. The molecule has 0 radical (unpaired) electrons. The van der Waals surface area contributed by atoms with Crippen LogP contribution in [0.15, 0.2) is 28.7 Å². The second-order valence-electron chi connectivity index (χ2n) is 2.21. The van der Waals surface area contributed by atoms with Gasteiger partial charge in [0, 0.05) is 10.0 Å². The van der Waals surface area contributed by atoms with Crippen molar-refractivity contribution in [2.45, 2.75) is 0 Å². The van der Waals surface area contributed by atoms with Crippen LogP contribution in [-0.4, -0.2) is 12.4 Å². The maximum absolute atomic E-state index is 11.2. The molecule has 0 spiro atoms. The number of Topliss-reactive ketones (excluding diaryl/α,β-unsaturated/α-hetero) is 1. The summed E-state index contributed by atoms with van der Waals surface area (Å²) in [6.45, 7) is -0.0946. The number of ketones is 1. The van der Waals surface area contributed by atoms with Crippen LogP contribution in [0, 0.1) is 0 Å². The number of carbonyl (C=O) groups excluding carboxylic acids is 1. The SMILES string of the molecule is NOCC(=O)c1ccccc1Br. The molecule has 0 amide bonds. The van der Waals surface area contributed by atoms with Gasteiger partial charge in [0.2, 0.25) is 0 Å². The van der Waals surface area contributed by atoms with E-state index in [-0.39, 0.29) is 12.4 Å². The fraction of sp³-hybridized carbons (Fsp3) is 0.125. The minimum Gasteiger partial charge on any atom is -0.296 e. The third-order valence-electron chi connectivity index (χ3n) is 1.39. The monoisotopic (exact) mass is 229 g/mol. The molecule has 0 aliphatic heterocycles. The van der Waals surface area contributed by atoms with Gasteiger partial charge in [0.05, 0.1) is 0 Å². The predicted octanol–water partition coefficient (Wildman–Crippen LogP) is 1.52. The molecule has 3 nitrogen and oxygen atoms in total. The molecule has 0 unspecified atom stereocenters. The molecule has 0 aromatic heterocycles. The summed E-state index contributed by atoms with van der Waals surface area (Å²) in [6.07, 6.45) is 0. The average Bonchev–Trinajstić information content (AvgIpc) is 2.05. The zero-order valence-corrected chi connectivity index (χ0v) is 7.87. The summed E-state index contributed by atoms with van der Waals surface area (Å²) in [6, 6.07) is 7.13. The standard InChI is InChI=1S/C8H8BrNO2/c9-7-4-2-1-3-6(7)8(11)5-12-10/h1-4H,5,10H2. The average molecular weight is 230 g/mol. The van der Waals surface area contributed by atoms with E-state index in [0.717, 1.165) is 4.47 Å². The lowest BCUT2D eigenvalue weighted by molar-refractivity contribution is 0.0762. The lowest BCUT2D eigenvalue weighted by Gasteiger charge is -2.00. The molecular formula is C8H8BrNO2. The van der Waals surface area contributed by atoms with E-state index in [0.29, 0.717) is 5.56 Å². The smallest absolute Gasteiger partial charge is 0.191 e. The highest BCUT2D eigenvalue weighted by Crippen LogP contribution is 2.15. The van der Waals surface area contributed by atoms with Gasteiger partial charge in [-0.3, -0.25) is 9.63 Å². The molecule has 1 aromatic rings. The number of carbonyl (C=O) groups is 1. The van der Waals surface area contributed by atoms with E-state index in [1.54, 1.807) is 18.2 Å². The van der Waals surface area contributed by atoms with Crippen molar-refractivity contribution in [3.63, 3.8) is 0 Å². The summed E-state index contributed by atoms with van der Waals surface area (Å²) in [4.78, 5) is 15.5. The van der Waals surface area contributed by atoms with Crippen LogP contribution in [0.4, 0.5) is 0 Å². The fourth-order valence-electron chi connectivity index (χ4n) is 0.841. The van der Waals surface area contributed by atoms with Crippen LogP contribution in [0.2, 0.25) is 0 Å². The summed E-state index contributed by atoms with van der Waals surface area (Å²) < 4.78 is 0.757. The maximum atomic E-state index is 11.2. The molecule has 0 atom stereocenters. The Labute approximate surface area is 78.6 Å². The normalized spacial score (nSPS) is 9.83. The first-order valence-corrected chi connectivity index (χ1v) is 4.14. The number of nitrogens with two attached hydrogens (primary N) is 1. The van der Waals surface area contributed by atoms with Crippen molar-refractivity contribution in [1.82, 2.24) is 0 Å². The van der Waals surface area contributed by atoms with E-state index in [1.807, 2.05) is 6.07 Å². The Hall–Kier alpha value is -0.710. The molecule has 0 saturated carbocycles. The van der Waals surface area contributed by atoms with Crippen LogP contribution in [0.5, 0.6) is 0 Å². The van der Waals surface area contributed by atoms with Crippen molar-refractivity contribution in [2.24, 2.45) is 5.90 Å². The van der Waals surface area contributed by atoms with Gasteiger partial charge < -0.3 is 0 Å². The van der Waals surface area contributed by atoms with Crippen LogP contribution < -0.4 is 5.90 Å². The topological polar surface area (TPSA) is 52.3 Å². The van der Waals surface area contributed by atoms with Gasteiger partial charge in [-0.25, -0.2) is 5.90 Å². The summed E-state index contributed by atoms with van der Waals surface area (Å²) in [5.41, 5.74) is 0.586. The number of halogens is 1. The van der Waals surface area contributed by atoms with Gasteiger partial charge in [-0.15, -0.1) is 0 Å². The van der Waals surface area contributed by atoms with Gasteiger partial charge in [-0.1, -0.05) is 34.1 Å². The lowest BCUT2D eigenvalue weighted by atomic mass is 10.1. The summed E-state index contributed by atoms with van der Waals surface area (Å²) in [5, 5.41) is 0. The first-order valence-electron chi connectivity index (χ1n) is 3.35. The van der Waals surface area contributed by atoms with E-state index in [4.69, 9.17) is 5.90 Å². The fourth-order valence-corrected chi connectivity index (χ4v) is 1.35. The van der Waals surface area contributed by atoms with Crippen molar-refractivity contribution in [2.75, 3.05) is 6.61 Å². The molecule has 2 N–H and O–H groups in total. The van der Waals surface area contributed by atoms with E-state index in [1.165, 1.54) is 0 Å². The molecule has 0 fully saturated rings. The molecule has 0 aliphatic carbocycles.